The van der Waals surface area contributed by atoms with E-state index >= 15 is 0 Å². The number of hydrogen-bond donors (Lipinski definition) is 2. The topological polar surface area (TPSA) is 75.2 Å². The molecule has 0 amide bonds. The van der Waals surface area contributed by atoms with Crippen LogP contribution in [0.4, 0.5) is 13.2 Å². The Morgan fingerprint density at radius 3 is 2.62 bits per heavy atom. The number of halogens is 3. The molecular formula is C23H19F3N2O3S. The van der Waals surface area contributed by atoms with Gasteiger partial charge in [0.1, 0.15) is 10.8 Å². The Morgan fingerprint density at radius 2 is 1.94 bits per heavy atom. The number of fused-ring (bicyclic) bond motifs is 1. The second-order valence-electron chi connectivity index (χ2n) is 7.29. The number of ether oxygens (including phenoxy) is 1. The maximum absolute atomic E-state index is 12.8. The highest BCUT2D eigenvalue weighted by Crippen LogP contribution is 2.33. The van der Waals surface area contributed by atoms with Gasteiger partial charge in [0.25, 0.3) is 0 Å². The van der Waals surface area contributed by atoms with Gasteiger partial charge in [-0.05, 0) is 36.8 Å². The molecular weight excluding hydrogens is 441 g/mol. The van der Waals surface area contributed by atoms with Crippen molar-refractivity contribution in [1.82, 2.24) is 9.97 Å². The summed E-state index contributed by atoms with van der Waals surface area (Å²) in [6, 6.07) is 10.5. The molecule has 2 aromatic heterocycles. The monoisotopic (exact) mass is 460 g/mol. The highest BCUT2D eigenvalue weighted by atomic mass is 32.1. The van der Waals surface area contributed by atoms with Crippen LogP contribution in [0.15, 0.2) is 48.7 Å². The lowest BCUT2D eigenvalue weighted by molar-refractivity contribution is -0.138. The van der Waals surface area contributed by atoms with Crippen LogP contribution in [-0.4, -0.2) is 27.7 Å². The Morgan fingerprint density at radius 1 is 1.19 bits per heavy atom. The molecule has 32 heavy (non-hydrogen) atoms. The van der Waals surface area contributed by atoms with Gasteiger partial charge in [-0.15, -0.1) is 11.3 Å². The van der Waals surface area contributed by atoms with E-state index in [0.29, 0.717) is 29.3 Å². The van der Waals surface area contributed by atoms with Gasteiger partial charge in [-0.2, -0.15) is 13.2 Å². The number of rotatable bonds is 7. The maximum Gasteiger partial charge on any atom is 0.416 e. The fourth-order valence-electron chi connectivity index (χ4n) is 3.41. The molecule has 0 radical (unpaired) electrons. The highest BCUT2D eigenvalue weighted by Gasteiger charge is 2.30. The number of nitrogens with zero attached hydrogens (tertiary/aromatic N) is 1. The molecule has 0 spiro atoms. The number of aromatic amines is 1. The van der Waals surface area contributed by atoms with E-state index in [2.05, 4.69) is 9.97 Å². The van der Waals surface area contributed by atoms with Crippen LogP contribution in [0.5, 0.6) is 5.75 Å². The van der Waals surface area contributed by atoms with Crippen LogP contribution in [0, 0.1) is 6.92 Å². The number of benzene rings is 2. The van der Waals surface area contributed by atoms with Crippen molar-refractivity contribution in [3.63, 3.8) is 0 Å². The maximum atomic E-state index is 12.8. The number of hydrogen-bond acceptors (Lipinski definition) is 4. The lowest BCUT2D eigenvalue weighted by Gasteiger charge is -2.06. The van der Waals surface area contributed by atoms with E-state index < -0.39 is 17.7 Å². The van der Waals surface area contributed by atoms with E-state index in [0.717, 1.165) is 39.2 Å². The summed E-state index contributed by atoms with van der Waals surface area (Å²) in [5.74, 6) is -0.229. The average Bonchev–Trinajstić information content (AvgIpc) is 3.30. The van der Waals surface area contributed by atoms with Gasteiger partial charge in [0, 0.05) is 40.0 Å². The molecule has 4 rings (SSSR count). The van der Waals surface area contributed by atoms with Gasteiger partial charge in [0.2, 0.25) is 0 Å². The van der Waals surface area contributed by atoms with Gasteiger partial charge in [-0.3, -0.25) is 4.79 Å². The van der Waals surface area contributed by atoms with Gasteiger partial charge in [0.15, 0.2) is 0 Å². The van der Waals surface area contributed by atoms with E-state index in [1.807, 2.05) is 19.1 Å². The van der Waals surface area contributed by atoms with Gasteiger partial charge in [-0.1, -0.05) is 12.1 Å². The average molecular weight is 460 g/mol. The standard InChI is InChI=1S/C23H19F3N2O3S/c1-13-20(32-22(28-13)14-2-4-16(5-3-14)23(24,25)26)8-9-31-17-6-7-18-15(10-21(29)30)12-27-19(18)11-17/h2-7,11-12,27H,8-10H2,1H3,(H,29,30). The largest absolute Gasteiger partial charge is 0.493 e. The van der Waals surface area contributed by atoms with Crippen molar-refractivity contribution < 1.29 is 27.8 Å². The minimum absolute atomic E-state index is 0.0495. The molecule has 2 N–H and O–H groups in total. The molecule has 166 valence electrons. The molecule has 0 atom stereocenters. The van der Waals surface area contributed by atoms with Gasteiger partial charge < -0.3 is 14.8 Å². The summed E-state index contributed by atoms with van der Waals surface area (Å²) < 4.78 is 44.1. The van der Waals surface area contributed by atoms with E-state index in [-0.39, 0.29) is 6.42 Å². The minimum Gasteiger partial charge on any atom is -0.493 e. The smallest absolute Gasteiger partial charge is 0.416 e. The van der Waals surface area contributed by atoms with Gasteiger partial charge in [0.05, 0.1) is 24.3 Å². The van der Waals surface area contributed by atoms with Crippen LogP contribution in [0.25, 0.3) is 21.5 Å². The molecule has 9 heteroatoms. The van der Waals surface area contributed by atoms with Crippen molar-refractivity contribution in [2.75, 3.05) is 6.61 Å². The number of aliphatic carboxylic acids is 1. The third-order valence-electron chi connectivity index (χ3n) is 5.03. The van der Waals surface area contributed by atoms with Gasteiger partial charge in [-0.25, -0.2) is 4.98 Å². The van der Waals surface area contributed by atoms with Crippen LogP contribution in [0.3, 0.4) is 0 Å². The Bertz CT molecular complexity index is 1260. The summed E-state index contributed by atoms with van der Waals surface area (Å²) >= 11 is 1.44. The van der Waals surface area contributed by atoms with E-state index in [4.69, 9.17) is 9.84 Å². The van der Waals surface area contributed by atoms with Crippen molar-refractivity contribution in [3.05, 3.63) is 70.4 Å². The predicted octanol–water partition coefficient (Wildman–Crippen LogP) is 5.87. The highest BCUT2D eigenvalue weighted by molar-refractivity contribution is 7.15. The van der Waals surface area contributed by atoms with Gasteiger partial charge >= 0.3 is 12.1 Å². The first-order valence-corrected chi connectivity index (χ1v) is 10.6. The normalized spacial score (nSPS) is 11.8. The van der Waals surface area contributed by atoms with Crippen LogP contribution >= 0.6 is 11.3 Å². The number of alkyl halides is 3. The first-order valence-electron chi connectivity index (χ1n) is 9.79. The number of aryl methyl sites for hydroxylation is 1. The summed E-state index contributed by atoms with van der Waals surface area (Å²) in [7, 11) is 0. The van der Waals surface area contributed by atoms with Crippen molar-refractivity contribution in [2.24, 2.45) is 0 Å². The molecule has 0 saturated heterocycles. The molecule has 0 unspecified atom stereocenters. The van der Waals surface area contributed by atoms with E-state index in [9.17, 15) is 18.0 Å². The summed E-state index contributed by atoms with van der Waals surface area (Å²) in [6.07, 6.45) is -2.11. The van der Waals surface area contributed by atoms with Crippen molar-refractivity contribution in [3.8, 4) is 16.3 Å². The summed E-state index contributed by atoms with van der Waals surface area (Å²) in [5, 5.41) is 10.5. The van der Waals surface area contributed by atoms with E-state index in [1.165, 1.54) is 23.5 Å². The molecule has 5 nitrogen and oxygen atoms in total. The zero-order chi connectivity index (χ0) is 22.9. The number of carbonyl (C=O) groups is 1. The van der Waals surface area contributed by atoms with Crippen LogP contribution in [0.1, 0.15) is 21.7 Å². The molecule has 0 bridgehead atoms. The number of thiazole rings is 1. The molecule has 0 fully saturated rings. The van der Waals surface area contributed by atoms with Crippen molar-refractivity contribution in [2.45, 2.75) is 25.9 Å². The Kier molecular flexibility index (Phi) is 5.92. The number of nitrogens with one attached hydrogen (secondary N) is 1. The van der Waals surface area contributed by atoms with Crippen molar-refractivity contribution >= 4 is 28.2 Å². The lowest BCUT2D eigenvalue weighted by atomic mass is 10.1. The first kappa shape index (κ1) is 21.9. The van der Waals surface area contributed by atoms with Crippen molar-refractivity contribution in [1.29, 1.82) is 0 Å². The summed E-state index contributed by atoms with van der Waals surface area (Å²) in [6.45, 7) is 2.28. The zero-order valence-corrected chi connectivity index (χ0v) is 17.8. The summed E-state index contributed by atoms with van der Waals surface area (Å²) in [5.41, 5.74) is 2.31. The minimum atomic E-state index is -4.36. The van der Waals surface area contributed by atoms with Crippen LogP contribution in [-0.2, 0) is 23.8 Å². The predicted molar refractivity (Wildman–Crippen MR) is 116 cm³/mol. The molecule has 0 aliphatic heterocycles. The second kappa shape index (κ2) is 8.66. The molecule has 0 aliphatic rings. The third-order valence-corrected chi connectivity index (χ3v) is 6.30. The first-order chi connectivity index (χ1) is 15.2. The Balaban J connectivity index is 1.40. The van der Waals surface area contributed by atoms with Crippen LogP contribution < -0.4 is 4.74 Å². The van der Waals surface area contributed by atoms with E-state index in [1.54, 1.807) is 12.3 Å². The zero-order valence-electron chi connectivity index (χ0n) is 17.0. The fourth-order valence-corrected chi connectivity index (χ4v) is 4.46. The molecule has 2 aromatic carbocycles. The molecule has 2 heterocycles. The Labute approximate surface area is 185 Å². The Hall–Kier alpha value is -3.33. The summed E-state index contributed by atoms with van der Waals surface area (Å²) in [4.78, 5) is 19.5. The second-order valence-corrected chi connectivity index (χ2v) is 8.38. The number of H-pyrrole nitrogens is 1. The molecule has 0 aliphatic carbocycles. The molecule has 0 saturated carbocycles. The molecule has 4 aromatic rings. The fraction of sp³-hybridized carbons (Fsp3) is 0.217. The lowest BCUT2D eigenvalue weighted by Crippen LogP contribution is -2.03. The number of carboxylic acid groups (broad SMARTS) is 1. The SMILES string of the molecule is Cc1nc(-c2ccc(C(F)(F)F)cc2)sc1CCOc1ccc2c(CC(=O)O)c[nH]c2c1. The number of aromatic nitrogens is 2. The third kappa shape index (κ3) is 4.77. The number of carboxylic acids is 1. The quantitative estimate of drug-likeness (QED) is 0.362. The van der Waals surface area contributed by atoms with Crippen LogP contribution in [0.2, 0.25) is 0 Å².